The maximum Gasteiger partial charge on any atom is 0.221 e. The van der Waals surface area contributed by atoms with Gasteiger partial charge in [0.2, 0.25) is 5.91 Å². The van der Waals surface area contributed by atoms with E-state index in [1.54, 1.807) is 0 Å². The second kappa shape index (κ2) is 8.76. The van der Waals surface area contributed by atoms with Crippen LogP contribution < -0.4 is 10.6 Å². The van der Waals surface area contributed by atoms with E-state index in [4.69, 9.17) is 0 Å². The molecule has 1 aromatic rings. The van der Waals surface area contributed by atoms with Gasteiger partial charge in [0.25, 0.3) is 0 Å². The Bertz CT molecular complexity index is 311. The molecule has 0 saturated heterocycles. The van der Waals surface area contributed by atoms with Gasteiger partial charge in [-0.1, -0.05) is 43.7 Å². The zero-order chi connectivity index (χ0) is 12.3. The van der Waals surface area contributed by atoms with Crippen LogP contribution in [0, 0.1) is 0 Å². The molecule has 94 valence electrons. The van der Waals surface area contributed by atoms with Crippen LogP contribution in [-0.2, 0) is 11.3 Å². The summed E-state index contributed by atoms with van der Waals surface area (Å²) in [5.74, 6) is 0.109. The van der Waals surface area contributed by atoms with Gasteiger partial charge in [-0.25, -0.2) is 0 Å². The zero-order valence-corrected chi connectivity index (χ0v) is 10.5. The topological polar surface area (TPSA) is 41.1 Å². The molecule has 0 fully saturated rings. The highest BCUT2D eigenvalue weighted by atomic mass is 16.1. The van der Waals surface area contributed by atoms with E-state index < -0.39 is 0 Å². The third-order valence-electron chi connectivity index (χ3n) is 2.57. The van der Waals surface area contributed by atoms with Crippen LogP contribution in [0.2, 0.25) is 0 Å². The number of carbonyl (C=O) groups excluding carboxylic acids is 1. The van der Waals surface area contributed by atoms with Crippen molar-refractivity contribution in [3.05, 3.63) is 35.9 Å². The molecule has 0 aliphatic carbocycles. The molecule has 0 saturated carbocycles. The maximum atomic E-state index is 11.5. The van der Waals surface area contributed by atoms with E-state index in [0.717, 1.165) is 18.7 Å². The minimum atomic E-state index is 0.109. The van der Waals surface area contributed by atoms with Crippen molar-refractivity contribution < 1.29 is 4.79 Å². The van der Waals surface area contributed by atoms with E-state index in [9.17, 15) is 4.79 Å². The lowest BCUT2D eigenvalue weighted by atomic mass is 10.2. The van der Waals surface area contributed by atoms with Crippen LogP contribution in [0.25, 0.3) is 0 Å². The van der Waals surface area contributed by atoms with Crippen LogP contribution in [0.4, 0.5) is 0 Å². The van der Waals surface area contributed by atoms with E-state index in [2.05, 4.69) is 17.6 Å². The third kappa shape index (κ3) is 6.74. The Labute approximate surface area is 104 Å². The van der Waals surface area contributed by atoms with Crippen molar-refractivity contribution in [2.75, 3.05) is 13.1 Å². The van der Waals surface area contributed by atoms with Crippen molar-refractivity contribution in [2.24, 2.45) is 0 Å². The second-order valence-corrected chi connectivity index (χ2v) is 4.12. The highest BCUT2D eigenvalue weighted by Gasteiger charge is 2.00. The minimum absolute atomic E-state index is 0.109. The van der Waals surface area contributed by atoms with Crippen LogP contribution in [0.5, 0.6) is 0 Å². The molecule has 3 nitrogen and oxygen atoms in total. The molecule has 1 aromatic carbocycles. The molecule has 0 radical (unpaired) electrons. The molecule has 0 atom stereocenters. The lowest BCUT2D eigenvalue weighted by Gasteiger charge is -2.06. The fourth-order valence-electron chi connectivity index (χ4n) is 1.51. The first-order valence-electron chi connectivity index (χ1n) is 6.34. The first-order chi connectivity index (χ1) is 8.33. The average molecular weight is 234 g/mol. The molecular formula is C14H22N2O. The van der Waals surface area contributed by atoms with Crippen LogP contribution >= 0.6 is 0 Å². The predicted octanol–water partition coefficient (Wildman–Crippen LogP) is 2.08. The lowest BCUT2D eigenvalue weighted by Crippen LogP contribution is -2.27. The number of nitrogens with one attached hydrogen (secondary N) is 2. The van der Waals surface area contributed by atoms with Crippen LogP contribution in [0.1, 0.15) is 31.7 Å². The molecule has 0 aliphatic heterocycles. The molecule has 1 rings (SSSR count). The molecule has 0 bridgehead atoms. The van der Waals surface area contributed by atoms with E-state index in [0.29, 0.717) is 13.0 Å². The second-order valence-electron chi connectivity index (χ2n) is 4.12. The highest BCUT2D eigenvalue weighted by Crippen LogP contribution is 1.97. The first-order valence-corrected chi connectivity index (χ1v) is 6.34. The number of hydrogen-bond donors (Lipinski definition) is 2. The maximum absolute atomic E-state index is 11.5. The average Bonchev–Trinajstić information content (AvgIpc) is 2.37. The lowest BCUT2D eigenvalue weighted by molar-refractivity contribution is -0.121. The molecule has 2 N–H and O–H groups in total. The Morgan fingerprint density at radius 2 is 1.94 bits per heavy atom. The number of amides is 1. The zero-order valence-electron chi connectivity index (χ0n) is 10.5. The van der Waals surface area contributed by atoms with Crippen LogP contribution in [0.15, 0.2) is 30.3 Å². The number of hydrogen-bond acceptors (Lipinski definition) is 2. The molecule has 0 heterocycles. The summed E-state index contributed by atoms with van der Waals surface area (Å²) < 4.78 is 0. The Morgan fingerprint density at radius 3 is 2.65 bits per heavy atom. The van der Waals surface area contributed by atoms with Gasteiger partial charge in [-0.3, -0.25) is 4.79 Å². The Morgan fingerprint density at radius 1 is 1.18 bits per heavy atom. The van der Waals surface area contributed by atoms with Crippen molar-refractivity contribution >= 4 is 5.91 Å². The highest BCUT2D eigenvalue weighted by molar-refractivity contribution is 5.76. The number of unbranched alkanes of at least 4 members (excludes halogenated alkanes) is 1. The van der Waals surface area contributed by atoms with E-state index in [1.165, 1.54) is 12.8 Å². The number of benzene rings is 1. The fraction of sp³-hybridized carbons (Fsp3) is 0.500. The molecule has 3 heteroatoms. The summed E-state index contributed by atoms with van der Waals surface area (Å²) in [6.07, 6.45) is 2.91. The molecule has 0 spiro atoms. The minimum Gasteiger partial charge on any atom is -0.352 e. The van der Waals surface area contributed by atoms with Crippen LogP contribution in [-0.4, -0.2) is 19.0 Å². The summed E-state index contributed by atoms with van der Waals surface area (Å²) in [4.78, 5) is 11.5. The first kappa shape index (κ1) is 13.7. The van der Waals surface area contributed by atoms with Crippen molar-refractivity contribution in [1.29, 1.82) is 0 Å². The standard InChI is InChI=1S/C14H22N2O/c1-2-3-10-15-11-9-14(17)16-12-13-7-5-4-6-8-13/h4-8,15H,2-3,9-12H2,1H3,(H,16,17). The van der Waals surface area contributed by atoms with Gasteiger partial charge in [0.05, 0.1) is 0 Å². The monoisotopic (exact) mass is 234 g/mol. The van der Waals surface area contributed by atoms with Crippen molar-refractivity contribution in [2.45, 2.75) is 32.7 Å². The predicted molar refractivity (Wildman–Crippen MR) is 70.7 cm³/mol. The third-order valence-corrected chi connectivity index (χ3v) is 2.57. The molecule has 0 aromatic heterocycles. The summed E-state index contributed by atoms with van der Waals surface area (Å²) >= 11 is 0. The van der Waals surface area contributed by atoms with Gasteiger partial charge in [0.15, 0.2) is 0 Å². The van der Waals surface area contributed by atoms with Crippen molar-refractivity contribution in [3.8, 4) is 0 Å². The van der Waals surface area contributed by atoms with Crippen molar-refractivity contribution in [1.82, 2.24) is 10.6 Å². The van der Waals surface area contributed by atoms with Crippen molar-refractivity contribution in [3.63, 3.8) is 0 Å². The van der Waals surface area contributed by atoms with Gasteiger partial charge < -0.3 is 10.6 Å². The summed E-state index contributed by atoms with van der Waals surface area (Å²) in [5.41, 5.74) is 1.14. The summed E-state index contributed by atoms with van der Waals surface area (Å²) in [6, 6.07) is 9.96. The molecule has 1 amide bonds. The van der Waals surface area contributed by atoms with Gasteiger partial charge in [-0.2, -0.15) is 0 Å². The fourth-order valence-corrected chi connectivity index (χ4v) is 1.51. The quantitative estimate of drug-likeness (QED) is 0.676. The summed E-state index contributed by atoms with van der Waals surface area (Å²) in [5, 5.41) is 6.17. The number of carbonyl (C=O) groups is 1. The smallest absolute Gasteiger partial charge is 0.221 e. The van der Waals surface area contributed by atoms with E-state index in [1.807, 2.05) is 30.3 Å². The van der Waals surface area contributed by atoms with Gasteiger partial charge in [-0.05, 0) is 18.5 Å². The largest absolute Gasteiger partial charge is 0.352 e. The number of rotatable bonds is 8. The normalized spacial score (nSPS) is 10.2. The molecule has 0 unspecified atom stereocenters. The van der Waals surface area contributed by atoms with Gasteiger partial charge in [0.1, 0.15) is 0 Å². The Kier molecular flexibility index (Phi) is 7.07. The molecule has 0 aliphatic rings. The summed E-state index contributed by atoms with van der Waals surface area (Å²) in [6.45, 7) is 4.55. The Hall–Kier alpha value is -1.35. The summed E-state index contributed by atoms with van der Waals surface area (Å²) in [7, 11) is 0. The van der Waals surface area contributed by atoms with Gasteiger partial charge in [-0.15, -0.1) is 0 Å². The van der Waals surface area contributed by atoms with Gasteiger partial charge in [0, 0.05) is 19.5 Å². The SMILES string of the molecule is CCCCNCCC(=O)NCc1ccccc1. The van der Waals surface area contributed by atoms with E-state index in [-0.39, 0.29) is 5.91 Å². The van der Waals surface area contributed by atoms with E-state index >= 15 is 0 Å². The molecule has 17 heavy (non-hydrogen) atoms. The van der Waals surface area contributed by atoms with Gasteiger partial charge >= 0.3 is 0 Å². The Balaban J connectivity index is 2.05. The molecular weight excluding hydrogens is 212 g/mol. The van der Waals surface area contributed by atoms with Crippen LogP contribution in [0.3, 0.4) is 0 Å².